The Kier molecular flexibility index (Phi) is 17.5. The van der Waals surface area contributed by atoms with Crippen molar-refractivity contribution in [3.05, 3.63) is 0 Å². The molecule has 0 radical (unpaired) electrons. The third-order valence-corrected chi connectivity index (χ3v) is 12.0. The van der Waals surface area contributed by atoms with E-state index < -0.39 is 27.2 Å². The van der Waals surface area contributed by atoms with Crippen molar-refractivity contribution in [1.82, 2.24) is 0 Å². The van der Waals surface area contributed by atoms with Crippen LogP contribution < -0.4 is 0 Å². The first-order valence-corrected chi connectivity index (χ1v) is 16.1. The average Bonchev–Trinajstić information content (AvgIpc) is 2.74. The summed E-state index contributed by atoms with van der Waals surface area (Å²) in [5, 5.41) is 0. The van der Waals surface area contributed by atoms with E-state index in [0.29, 0.717) is 19.8 Å². The fourth-order valence-corrected chi connectivity index (χ4v) is 10.4. The molecule has 0 aromatic rings. The third kappa shape index (κ3) is 12.0. The van der Waals surface area contributed by atoms with Gasteiger partial charge in [0.25, 0.3) is 0 Å². The second-order valence-electron chi connectivity index (χ2n) is 7.66. The standard InChI is InChI=1S/C12H27O4Si.3C3H7O.Ti/c1-7-10(4)14-17(13,15-11(5)8-2)16-12(6)9-3;3*1-2-3-4;/h10-12H,7-9H2,1-6H3;3*2-3H2,1H3;/q4*-1;+4. The molecule has 0 fully saturated rings. The van der Waals surface area contributed by atoms with E-state index in [2.05, 4.69) is 41.5 Å². The van der Waals surface area contributed by atoms with Gasteiger partial charge in [-0.3, -0.25) is 0 Å². The molecule has 0 aromatic heterocycles. The van der Waals surface area contributed by atoms with Crippen LogP contribution in [0.3, 0.4) is 0 Å². The molecule has 0 aromatic carbocycles. The van der Waals surface area contributed by atoms with Crippen LogP contribution in [0, 0.1) is 0 Å². The van der Waals surface area contributed by atoms with Crippen molar-refractivity contribution < 1.29 is 44.4 Å². The number of hydrogen-bond acceptors (Lipinski definition) is 7. The molecular formula is C21H48O7SiTi. The van der Waals surface area contributed by atoms with E-state index in [4.69, 9.17) is 26.2 Å². The molecule has 30 heavy (non-hydrogen) atoms. The van der Waals surface area contributed by atoms with Gasteiger partial charge in [-0.15, -0.1) is 0 Å². The van der Waals surface area contributed by atoms with E-state index >= 15 is 0 Å². The Morgan fingerprint density at radius 1 is 0.567 bits per heavy atom. The van der Waals surface area contributed by atoms with Crippen molar-refractivity contribution >= 4 is 9.05 Å². The van der Waals surface area contributed by atoms with Crippen molar-refractivity contribution in [2.24, 2.45) is 0 Å². The summed E-state index contributed by atoms with van der Waals surface area (Å²) in [5.41, 5.74) is 0. The SMILES string of the molecule is CCC[O][Ti]([O]CCC)([O]CCC)[O][Si](OC(C)CC)(OC(C)CC)OC(C)CC. The summed E-state index contributed by atoms with van der Waals surface area (Å²) >= 11 is -4.19. The van der Waals surface area contributed by atoms with E-state index in [0.717, 1.165) is 38.5 Å². The maximum absolute atomic E-state index is 6.64. The molecule has 0 heterocycles. The molecule has 0 aliphatic heterocycles. The molecule has 0 aliphatic carbocycles. The van der Waals surface area contributed by atoms with Crippen molar-refractivity contribution in [3.63, 3.8) is 0 Å². The predicted molar refractivity (Wildman–Crippen MR) is 118 cm³/mol. The average molecular weight is 489 g/mol. The first-order chi connectivity index (χ1) is 14.3. The van der Waals surface area contributed by atoms with Crippen LogP contribution >= 0.6 is 0 Å². The fourth-order valence-electron chi connectivity index (χ4n) is 2.19. The molecule has 0 rings (SSSR count). The van der Waals surface area contributed by atoms with Gasteiger partial charge in [-0.25, -0.2) is 0 Å². The number of hydrogen-bond donors (Lipinski definition) is 0. The summed E-state index contributed by atoms with van der Waals surface area (Å²) in [6, 6.07) is 0. The molecule has 3 atom stereocenters. The molecule has 0 saturated carbocycles. The second kappa shape index (κ2) is 17.2. The Balaban J connectivity index is 6.17. The summed E-state index contributed by atoms with van der Waals surface area (Å²) in [7, 11) is -3.62. The van der Waals surface area contributed by atoms with Crippen molar-refractivity contribution in [2.75, 3.05) is 19.8 Å². The van der Waals surface area contributed by atoms with Crippen LogP contribution in [0.4, 0.5) is 0 Å². The van der Waals surface area contributed by atoms with Crippen molar-refractivity contribution in [3.8, 4) is 0 Å². The Morgan fingerprint density at radius 2 is 0.867 bits per heavy atom. The van der Waals surface area contributed by atoms with E-state index in [-0.39, 0.29) is 18.3 Å². The summed E-state index contributed by atoms with van der Waals surface area (Å²) < 4.78 is 44.5. The van der Waals surface area contributed by atoms with Gasteiger partial charge in [0, 0.05) is 0 Å². The molecule has 182 valence electrons. The predicted octanol–water partition coefficient (Wildman–Crippen LogP) is 5.98. The van der Waals surface area contributed by atoms with Gasteiger partial charge in [0.15, 0.2) is 0 Å². The van der Waals surface area contributed by atoms with Crippen LogP contribution in [-0.2, 0) is 44.4 Å². The summed E-state index contributed by atoms with van der Waals surface area (Å²) in [4.78, 5) is 0. The Labute approximate surface area is 192 Å². The van der Waals surface area contributed by atoms with Crippen LogP contribution in [0.1, 0.15) is 101 Å². The van der Waals surface area contributed by atoms with Crippen LogP contribution in [0.25, 0.3) is 0 Å². The van der Waals surface area contributed by atoms with Gasteiger partial charge in [0.2, 0.25) is 0 Å². The quantitative estimate of drug-likeness (QED) is 0.195. The van der Waals surface area contributed by atoms with Gasteiger partial charge in [-0.1, -0.05) is 0 Å². The minimum absolute atomic E-state index is 0.0894. The normalized spacial score (nSPS) is 17.5. The summed E-state index contributed by atoms with van der Waals surface area (Å²) in [6.07, 6.45) is 4.67. The zero-order chi connectivity index (χ0) is 23.0. The van der Waals surface area contributed by atoms with E-state index in [1.165, 1.54) is 0 Å². The van der Waals surface area contributed by atoms with Gasteiger partial charge < -0.3 is 0 Å². The maximum atomic E-state index is 6.64. The molecule has 0 N–H and O–H groups in total. The van der Waals surface area contributed by atoms with Crippen LogP contribution in [0.15, 0.2) is 0 Å². The molecule has 0 bridgehead atoms. The molecule has 0 aliphatic rings. The fraction of sp³-hybridized carbons (Fsp3) is 1.00. The van der Waals surface area contributed by atoms with Gasteiger partial charge >= 0.3 is 192 Å². The molecule has 0 spiro atoms. The molecule has 0 saturated heterocycles. The zero-order valence-corrected chi connectivity index (χ0v) is 23.5. The monoisotopic (exact) mass is 488 g/mol. The molecule has 7 nitrogen and oxygen atoms in total. The van der Waals surface area contributed by atoms with Crippen molar-refractivity contribution in [1.29, 1.82) is 0 Å². The van der Waals surface area contributed by atoms with Gasteiger partial charge in [0.05, 0.1) is 0 Å². The van der Waals surface area contributed by atoms with Gasteiger partial charge in [0.1, 0.15) is 0 Å². The van der Waals surface area contributed by atoms with Gasteiger partial charge in [-0.05, 0) is 0 Å². The first-order valence-electron chi connectivity index (χ1n) is 11.9. The Bertz CT molecular complexity index is 364. The zero-order valence-electron chi connectivity index (χ0n) is 21.0. The molecule has 0 amide bonds. The first kappa shape index (κ1) is 30.7. The van der Waals surface area contributed by atoms with Crippen LogP contribution in [0.2, 0.25) is 0 Å². The van der Waals surface area contributed by atoms with Crippen LogP contribution in [-0.4, -0.2) is 47.2 Å². The topological polar surface area (TPSA) is 64.6 Å². The minimum atomic E-state index is -4.19. The van der Waals surface area contributed by atoms with E-state index in [1.807, 2.05) is 20.8 Å². The van der Waals surface area contributed by atoms with Crippen molar-refractivity contribution in [2.45, 2.75) is 119 Å². The van der Waals surface area contributed by atoms with E-state index in [1.54, 1.807) is 0 Å². The molecular weight excluding hydrogens is 440 g/mol. The van der Waals surface area contributed by atoms with Gasteiger partial charge in [-0.2, -0.15) is 0 Å². The third-order valence-electron chi connectivity index (χ3n) is 4.46. The summed E-state index contributed by atoms with van der Waals surface area (Å²) in [5.74, 6) is 0. The van der Waals surface area contributed by atoms with Crippen LogP contribution in [0.5, 0.6) is 0 Å². The Hall–Kier alpha value is 0.651. The molecule has 9 heteroatoms. The molecule has 3 unspecified atom stereocenters. The van der Waals surface area contributed by atoms with E-state index in [9.17, 15) is 0 Å². The summed E-state index contributed by atoms with van der Waals surface area (Å²) in [6.45, 7) is 19.9. The number of rotatable bonds is 20. The Morgan fingerprint density at radius 3 is 1.10 bits per heavy atom. The second-order valence-corrected chi connectivity index (χ2v) is 13.4.